The predicted octanol–water partition coefficient (Wildman–Crippen LogP) is 2.38. The molecule has 0 spiro atoms. The van der Waals surface area contributed by atoms with Gasteiger partial charge in [-0.2, -0.15) is 4.98 Å². The second-order valence-corrected chi connectivity index (χ2v) is 4.75. The van der Waals surface area contributed by atoms with Crippen molar-refractivity contribution < 1.29 is 14.0 Å². The van der Waals surface area contributed by atoms with Gasteiger partial charge in [0, 0.05) is 0 Å². The average Bonchev–Trinajstić information content (AvgIpc) is 2.97. The zero-order valence-electron chi connectivity index (χ0n) is 11.3. The van der Waals surface area contributed by atoms with E-state index >= 15 is 0 Å². The third kappa shape index (κ3) is 2.46. The molecule has 3 rings (SSSR count). The van der Waals surface area contributed by atoms with Crippen molar-refractivity contribution in [3.05, 3.63) is 36.0 Å². The van der Waals surface area contributed by atoms with Crippen molar-refractivity contribution in [1.82, 2.24) is 10.1 Å². The summed E-state index contributed by atoms with van der Waals surface area (Å²) >= 11 is 0. The monoisotopic (exact) mass is 275 g/mol. The summed E-state index contributed by atoms with van der Waals surface area (Å²) in [5.41, 5.74) is 5.96. The molecule has 1 aliphatic heterocycles. The lowest BCUT2D eigenvalue weighted by atomic mass is 10.2. The molecular formula is C14H17N3O3. The Morgan fingerprint density at radius 1 is 1.35 bits per heavy atom. The minimum Gasteiger partial charge on any atom is -0.485 e. The van der Waals surface area contributed by atoms with Gasteiger partial charge in [-0.25, -0.2) is 0 Å². The molecule has 2 N–H and O–H groups in total. The molecule has 1 unspecified atom stereocenters. The molecule has 0 aliphatic carbocycles. The van der Waals surface area contributed by atoms with E-state index in [2.05, 4.69) is 17.1 Å². The van der Waals surface area contributed by atoms with Gasteiger partial charge in [-0.05, 0) is 18.6 Å². The van der Waals surface area contributed by atoms with E-state index < -0.39 is 0 Å². The first-order valence-electron chi connectivity index (χ1n) is 6.75. The second kappa shape index (κ2) is 5.50. The van der Waals surface area contributed by atoms with Crippen molar-refractivity contribution in [3.8, 4) is 11.5 Å². The van der Waals surface area contributed by atoms with Gasteiger partial charge in [0.25, 0.3) is 0 Å². The summed E-state index contributed by atoms with van der Waals surface area (Å²) in [5.74, 6) is 2.34. The van der Waals surface area contributed by atoms with Crippen molar-refractivity contribution in [2.75, 3.05) is 6.61 Å². The van der Waals surface area contributed by atoms with Crippen LogP contribution in [-0.4, -0.2) is 16.7 Å². The summed E-state index contributed by atoms with van der Waals surface area (Å²) in [5, 5.41) is 3.94. The standard InChI is InChI=1S/C14H17N3O3/c1-2-5-9(15)14-16-13(17-20-14)12-8-18-10-6-3-4-7-11(10)19-12/h3-4,6-7,9,12H,2,5,8,15H2,1H3/t9-,12?/m1/s1. The van der Waals surface area contributed by atoms with E-state index in [-0.39, 0.29) is 12.1 Å². The maximum absolute atomic E-state index is 5.96. The van der Waals surface area contributed by atoms with Gasteiger partial charge in [0.05, 0.1) is 6.04 Å². The van der Waals surface area contributed by atoms with Crippen molar-refractivity contribution in [2.24, 2.45) is 5.73 Å². The smallest absolute Gasteiger partial charge is 0.243 e. The maximum Gasteiger partial charge on any atom is 0.243 e. The Balaban J connectivity index is 1.75. The maximum atomic E-state index is 5.96. The van der Waals surface area contributed by atoms with Gasteiger partial charge in [-0.15, -0.1) is 0 Å². The van der Waals surface area contributed by atoms with Crippen LogP contribution in [0.2, 0.25) is 0 Å². The van der Waals surface area contributed by atoms with Crippen LogP contribution in [0.15, 0.2) is 28.8 Å². The summed E-state index contributed by atoms with van der Waals surface area (Å²) in [4.78, 5) is 4.32. The minimum atomic E-state index is -0.365. The van der Waals surface area contributed by atoms with E-state index in [1.165, 1.54) is 0 Å². The number of hydrogen-bond donors (Lipinski definition) is 1. The molecule has 1 aromatic carbocycles. The molecule has 0 fully saturated rings. The quantitative estimate of drug-likeness (QED) is 0.922. The first kappa shape index (κ1) is 12.9. The first-order valence-corrected chi connectivity index (χ1v) is 6.75. The summed E-state index contributed by atoms with van der Waals surface area (Å²) in [6.07, 6.45) is 1.41. The highest BCUT2D eigenvalue weighted by molar-refractivity contribution is 5.40. The molecule has 20 heavy (non-hydrogen) atoms. The number of para-hydroxylation sites is 2. The number of hydrogen-bond acceptors (Lipinski definition) is 6. The number of ether oxygens (including phenoxy) is 2. The van der Waals surface area contributed by atoms with Crippen LogP contribution in [0.3, 0.4) is 0 Å². The van der Waals surface area contributed by atoms with Crippen molar-refractivity contribution in [1.29, 1.82) is 0 Å². The average molecular weight is 275 g/mol. The lowest BCUT2D eigenvalue weighted by Crippen LogP contribution is -2.22. The van der Waals surface area contributed by atoms with Crippen LogP contribution in [0, 0.1) is 0 Å². The largest absolute Gasteiger partial charge is 0.485 e. The van der Waals surface area contributed by atoms with Crippen LogP contribution < -0.4 is 15.2 Å². The molecule has 2 heterocycles. The van der Waals surface area contributed by atoms with Crippen molar-refractivity contribution in [3.63, 3.8) is 0 Å². The van der Waals surface area contributed by atoms with E-state index in [1.54, 1.807) is 0 Å². The topological polar surface area (TPSA) is 83.4 Å². The minimum absolute atomic E-state index is 0.224. The molecular weight excluding hydrogens is 258 g/mol. The number of benzene rings is 1. The second-order valence-electron chi connectivity index (χ2n) is 4.75. The van der Waals surface area contributed by atoms with Gasteiger partial charge in [0.2, 0.25) is 11.7 Å². The molecule has 1 aromatic heterocycles. The molecule has 0 radical (unpaired) electrons. The first-order chi connectivity index (χ1) is 9.78. The molecule has 6 nitrogen and oxygen atoms in total. The molecule has 0 saturated heterocycles. The summed E-state index contributed by atoms with van der Waals surface area (Å²) in [6, 6.07) is 7.29. The molecule has 106 valence electrons. The van der Waals surface area contributed by atoms with Crippen LogP contribution in [0.25, 0.3) is 0 Å². The molecule has 0 amide bonds. The zero-order chi connectivity index (χ0) is 13.9. The Hall–Kier alpha value is -2.08. The Morgan fingerprint density at radius 3 is 2.95 bits per heavy atom. The summed E-state index contributed by atoms with van der Waals surface area (Å²) in [6.45, 7) is 2.42. The molecule has 0 saturated carbocycles. The highest BCUT2D eigenvalue weighted by Crippen LogP contribution is 2.35. The zero-order valence-corrected chi connectivity index (χ0v) is 11.3. The normalized spacial score (nSPS) is 18.8. The number of nitrogens with two attached hydrogens (primary N) is 1. The predicted molar refractivity (Wildman–Crippen MR) is 71.4 cm³/mol. The van der Waals surface area contributed by atoms with E-state index in [4.69, 9.17) is 19.7 Å². The Labute approximate surface area is 116 Å². The number of rotatable bonds is 4. The third-order valence-electron chi connectivity index (χ3n) is 3.17. The van der Waals surface area contributed by atoms with Gasteiger partial charge < -0.3 is 19.7 Å². The molecule has 2 atom stereocenters. The highest BCUT2D eigenvalue weighted by Gasteiger charge is 2.27. The van der Waals surface area contributed by atoms with Crippen LogP contribution in [0.5, 0.6) is 11.5 Å². The number of aromatic nitrogens is 2. The van der Waals surface area contributed by atoms with E-state index in [9.17, 15) is 0 Å². The fourth-order valence-corrected chi connectivity index (χ4v) is 2.11. The van der Waals surface area contributed by atoms with Crippen LogP contribution in [-0.2, 0) is 0 Å². The molecule has 0 bridgehead atoms. The Kier molecular flexibility index (Phi) is 3.56. The van der Waals surface area contributed by atoms with E-state index in [1.807, 2.05) is 24.3 Å². The van der Waals surface area contributed by atoms with E-state index in [0.29, 0.717) is 24.1 Å². The summed E-state index contributed by atoms with van der Waals surface area (Å²) < 4.78 is 16.6. The van der Waals surface area contributed by atoms with Crippen LogP contribution in [0.4, 0.5) is 0 Å². The summed E-state index contributed by atoms with van der Waals surface area (Å²) in [7, 11) is 0. The Bertz CT molecular complexity index is 585. The molecule has 2 aromatic rings. The molecule has 6 heteroatoms. The Morgan fingerprint density at radius 2 is 2.15 bits per heavy atom. The van der Waals surface area contributed by atoms with Gasteiger partial charge in [-0.1, -0.05) is 30.6 Å². The fraction of sp³-hybridized carbons (Fsp3) is 0.429. The van der Waals surface area contributed by atoms with Crippen LogP contribution in [0.1, 0.15) is 43.6 Å². The fourth-order valence-electron chi connectivity index (χ4n) is 2.11. The number of fused-ring (bicyclic) bond motifs is 1. The van der Waals surface area contributed by atoms with Gasteiger partial charge in [0.1, 0.15) is 6.61 Å². The van der Waals surface area contributed by atoms with Crippen LogP contribution >= 0.6 is 0 Å². The lowest BCUT2D eigenvalue weighted by Gasteiger charge is -2.24. The molecule has 1 aliphatic rings. The van der Waals surface area contributed by atoms with Gasteiger partial charge in [-0.3, -0.25) is 0 Å². The van der Waals surface area contributed by atoms with Gasteiger partial charge in [0.15, 0.2) is 17.6 Å². The number of nitrogens with zero attached hydrogens (tertiary/aromatic N) is 2. The highest BCUT2D eigenvalue weighted by atomic mass is 16.6. The van der Waals surface area contributed by atoms with Crippen molar-refractivity contribution in [2.45, 2.75) is 31.9 Å². The SMILES string of the molecule is CCC[C@@H](N)c1nc(C2COc3ccccc3O2)no1. The van der Waals surface area contributed by atoms with Gasteiger partial charge >= 0.3 is 0 Å². The van der Waals surface area contributed by atoms with E-state index in [0.717, 1.165) is 18.6 Å². The lowest BCUT2D eigenvalue weighted by molar-refractivity contribution is 0.0832. The van der Waals surface area contributed by atoms with Crippen molar-refractivity contribution >= 4 is 0 Å². The third-order valence-corrected chi connectivity index (χ3v) is 3.17.